The highest BCUT2D eigenvalue weighted by molar-refractivity contribution is 7.15. The SMILES string of the molecule is CCCNCc1cnc(-c2cccc(C(F)(F)F)c2F)s1. The molecule has 1 aromatic heterocycles. The van der Waals surface area contributed by atoms with Crippen LogP contribution in [-0.2, 0) is 12.7 Å². The number of hydrogen-bond acceptors (Lipinski definition) is 3. The summed E-state index contributed by atoms with van der Waals surface area (Å²) in [6.45, 7) is 3.44. The zero-order valence-corrected chi connectivity index (χ0v) is 12.1. The molecule has 2 nitrogen and oxygen atoms in total. The van der Waals surface area contributed by atoms with Crippen LogP contribution in [0.4, 0.5) is 17.6 Å². The molecule has 0 fully saturated rings. The van der Waals surface area contributed by atoms with Crippen molar-refractivity contribution in [1.29, 1.82) is 0 Å². The first kappa shape index (κ1) is 15.9. The first-order valence-corrected chi connectivity index (χ1v) is 7.26. The second-order valence-corrected chi connectivity index (χ2v) is 5.59. The molecule has 114 valence electrons. The summed E-state index contributed by atoms with van der Waals surface area (Å²) in [4.78, 5) is 4.88. The van der Waals surface area contributed by atoms with Crippen LogP contribution in [0.25, 0.3) is 10.6 Å². The Labute approximate surface area is 123 Å². The van der Waals surface area contributed by atoms with Gasteiger partial charge in [-0.1, -0.05) is 13.0 Å². The lowest BCUT2D eigenvalue weighted by Crippen LogP contribution is -2.12. The van der Waals surface area contributed by atoms with Crippen LogP contribution in [0, 0.1) is 5.82 Å². The molecular formula is C14H14F4N2S. The minimum atomic E-state index is -4.71. The normalized spacial score (nSPS) is 11.9. The number of thiazole rings is 1. The van der Waals surface area contributed by atoms with E-state index in [1.165, 1.54) is 23.5 Å². The monoisotopic (exact) mass is 318 g/mol. The van der Waals surface area contributed by atoms with Gasteiger partial charge >= 0.3 is 6.18 Å². The van der Waals surface area contributed by atoms with Crippen molar-refractivity contribution < 1.29 is 17.6 Å². The number of benzene rings is 1. The predicted molar refractivity (Wildman–Crippen MR) is 74.5 cm³/mol. The first-order chi connectivity index (χ1) is 9.93. The molecule has 2 rings (SSSR count). The van der Waals surface area contributed by atoms with Gasteiger partial charge in [-0.25, -0.2) is 9.37 Å². The average Bonchev–Trinajstić information content (AvgIpc) is 2.86. The van der Waals surface area contributed by atoms with Crippen LogP contribution >= 0.6 is 11.3 Å². The van der Waals surface area contributed by atoms with Crippen LogP contribution in [0.2, 0.25) is 0 Å². The van der Waals surface area contributed by atoms with Gasteiger partial charge in [0.05, 0.1) is 5.56 Å². The predicted octanol–water partition coefficient (Wildman–Crippen LogP) is 4.47. The maximum Gasteiger partial charge on any atom is 0.419 e. The molecule has 1 N–H and O–H groups in total. The molecule has 0 saturated carbocycles. The molecule has 0 aliphatic heterocycles. The van der Waals surface area contributed by atoms with Crippen molar-refractivity contribution in [3.63, 3.8) is 0 Å². The van der Waals surface area contributed by atoms with Crippen LogP contribution in [-0.4, -0.2) is 11.5 Å². The van der Waals surface area contributed by atoms with Crippen LogP contribution in [0.3, 0.4) is 0 Å². The Bertz CT molecular complexity index is 607. The number of nitrogens with zero attached hydrogens (tertiary/aromatic N) is 1. The van der Waals surface area contributed by atoms with Crippen molar-refractivity contribution >= 4 is 11.3 Å². The van der Waals surface area contributed by atoms with Gasteiger partial charge in [-0.15, -0.1) is 11.3 Å². The summed E-state index contributed by atoms with van der Waals surface area (Å²) in [5, 5.41) is 3.42. The zero-order chi connectivity index (χ0) is 15.5. The summed E-state index contributed by atoms with van der Waals surface area (Å²) in [5.41, 5.74) is -1.38. The van der Waals surface area contributed by atoms with E-state index >= 15 is 0 Å². The lowest BCUT2D eigenvalue weighted by molar-refractivity contribution is -0.139. The van der Waals surface area contributed by atoms with Crippen LogP contribution in [0.15, 0.2) is 24.4 Å². The fourth-order valence-corrected chi connectivity index (χ4v) is 2.72. The Morgan fingerprint density at radius 2 is 2.05 bits per heavy atom. The number of rotatable bonds is 5. The van der Waals surface area contributed by atoms with Gasteiger partial charge in [0, 0.05) is 23.2 Å². The fourth-order valence-electron chi connectivity index (χ4n) is 1.82. The van der Waals surface area contributed by atoms with Crippen molar-refractivity contribution in [2.45, 2.75) is 26.1 Å². The van der Waals surface area contributed by atoms with Gasteiger partial charge in [0.15, 0.2) is 0 Å². The molecule has 0 unspecified atom stereocenters. The molecule has 2 aromatic rings. The van der Waals surface area contributed by atoms with Gasteiger partial charge in [-0.3, -0.25) is 0 Å². The molecule has 21 heavy (non-hydrogen) atoms. The summed E-state index contributed by atoms with van der Waals surface area (Å²) < 4.78 is 52.1. The quantitative estimate of drug-likeness (QED) is 0.650. The maximum atomic E-state index is 14.0. The van der Waals surface area contributed by atoms with Gasteiger partial charge < -0.3 is 5.32 Å². The van der Waals surface area contributed by atoms with E-state index in [-0.39, 0.29) is 10.6 Å². The Kier molecular flexibility index (Phi) is 4.95. The van der Waals surface area contributed by atoms with Gasteiger partial charge in [-0.2, -0.15) is 13.2 Å². The topological polar surface area (TPSA) is 24.9 Å². The number of alkyl halides is 3. The molecule has 1 aromatic carbocycles. The standard InChI is InChI=1S/C14H14F4N2S/c1-2-6-19-7-9-8-20-13(21-9)10-4-3-5-11(12(10)15)14(16,17)18/h3-5,8,19H,2,6-7H2,1H3. The summed E-state index contributed by atoms with van der Waals surface area (Å²) in [5.74, 6) is -1.27. The zero-order valence-electron chi connectivity index (χ0n) is 11.3. The van der Waals surface area contributed by atoms with E-state index in [1.54, 1.807) is 6.20 Å². The van der Waals surface area contributed by atoms with Crippen molar-refractivity contribution in [2.75, 3.05) is 6.54 Å². The van der Waals surface area contributed by atoms with Crippen molar-refractivity contribution in [2.24, 2.45) is 0 Å². The molecular weight excluding hydrogens is 304 g/mol. The van der Waals surface area contributed by atoms with Gasteiger partial charge in [0.2, 0.25) is 0 Å². The van der Waals surface area contributed by atoms with E-state index in [0.717, 1.165) is 23.9 Å². The van der Waals surface area contributed by atoms with E-state index < -0.39 is 17.6 Å². The molecule has 0 saturated heterocycles. The first-order valence-electron chi connectivity index (χ1n) is 6.45. The van der Waals surface area contributed by atoms with Crippen LogP contribution in [0.1, 0.15) is 23.8 Å². The summed E-state index contributed by atoms with van der Waals surface area (Å²) in [6, 6.07) is 3.24. The van der Waals surface area contributed by atoms with E-state index in [4.69, 9.17) is 0 Å². The van der Waals surface area contributed by atoms with E-state index in [1.807, 2.05) is 6.92 Å². The molecule has 0 aliphatic rings. The molecule has 0 bridgehead atoms. The summed E-state index contributed by atoms with van der Waals surface area (Å²) in [7, 11) is 0. The number of halogens is 4. The number of aromatic nitrogens is 1. The van der Waals surface area contributed by atoms with E-state index in [9.17, 15) is 17.6 Å². The third-order valence-corrected chi connectivity index (χ3v) is 3.84. The van der Waals surface area contributed by atoms with Crippen LogP contribution < -0.4 is 5.32 Å². The summed E-state index contributed by atoms with van der Waals surface area (Å²) >= 11 is 1.19. The number of hydrogen-bond donors (Lipinski definition) is 1. The fraction of sp³-hybridized carbons (Fsp3) is 0.357. The average molecular weight is 318 g/mol. The molecule has 0 spiro atoms. The Hall–Kier alpha value is -1.47. The molecule has 0 aliphatic carbocycles. The van der Waals surface area contributed by atoms with Gasteiger partial charge in [0.25, 0.3) is 0 Å². The third kappa shape index (κ3) is 3.79. The molecule has 0 radical (unpaired) electrons. The van der Waals surface area contributed by atoms with Crippen molar-refractivity contribution in [3.05, 3.63) is 40.7 Å². The molecule has 1 heterocycles. The third-order valence-electron chi connectivity index (χ3n) is 2.81. The van der Waals surface area contributed by atoms with Gasteiger partial charge in [-0.05, 0) is 25.1 Å². The Morgan fingerprint density at radius 3 is 2.71 bits per heavy atom. The van der Waals surface area contributed by atoms with Gasteiger partial charge in [0.1, 0.15) is 10.8 Å². The minimum absolute atomic E-state index is 0.114. The molecule has 0 atom stereocenters. The highest BCUT2D eigenvalue weighted by Crippen LogP contribution is 2.36. The lowest BCUT2D eigenvalue weighted by atomic mass is 10.1. The second kappa shape index (κ2) is 6.53. The molecule has 0 amide bonds. The largest absolute Gasteiger partial charge is 0.419 e. The van der Waals surface area contributed by atoms with E-state index in [2.05, 4.69) is 10.3 Å². The minimum Gasteiger partial charge on any atom is -0.312 e. The highest BCUT2D eigenvalue weighted by Gasteiger charge is 2.35. The Balaban J connectivity index is 2.26. The second-order valence-electron chi connectivity index (χ2n) is 4.47. The smallest absolute Gasteiger partial charge is 0.312 e. The Morgan fingerprint density at radius 1 is 1.29 bits per heavy atom. The summed E-state index contributed by atoms with van der Waals surface area (Å²) in [6.07, 6.45) is -2.17. The maximum absolute atomic E-state index is 14.0. The molecule has 7 heteroatoms. The number of nitrogens with one attached hydrogen (secondary N) is 1. The van der Waals surface area contributed by atoms with Crippen molar-refractivity contribution in [3.8, 4) is 10.6 Å². The van der Waals surface area contributed by atoms with Crippen molar-refractivity contribution in [1.82, 2.24) is 10.3 Å². The highest BCUT2D eigenvalue weighted by atomic mass is 32.1. The van der Waals surface area contributed by atoms with Crippen LogP contribution in [0.5, 0.6) is 0 Å². The van der Waals surface area contributed by atoms with E-state index in [0.29, 0.717) is 6.54 Å². The lowest BCUT2D eigenvalue weighted by Gasteiger charge is -2.09.